The third-order valence-corrected chi connectivity index (χ3v) is 6.94. The standard InChI is InChI=1S/C24H24N4O5/c1-33-17-9-5-2-6-13(17)12-28-21(30)19-16(10-11-18(25)29)27-24(20(19)22(28)31)14-7-3-4-8-15(14)26-23(24)32/h2-9,16,19-20,27H,10-12H2,1H3,(H2,25,29)(H,26,32)/t16-,19+,20+,24+/m1/s1. The van der Waals surface area contributed by atoms with E-state index in [2.05, 4.69) is 10.6 Å². The molecule has 0 unspecified atom stereocenters. The lowest BCUT2D eigenvalue weighted by atomic mass is 9.76. The minimum Gasteiger partial charge on any atom is -0.496 e. The number of anilines is 1. The van der Waals surface area contributed by atoms with Crippen molar-refractivity contribution in [1.82, 2.24) is 10.2 Å². The number of methoxy groups -OCH3 is 1. The molecule has 0 radical (unpaired) electrons. The first kappa shape index (κ1) is 21.1. The van der Waals surface area contributed by atoms with Crippen molar-refractivity contribution in [3.63, 3.8) is 0 Å². The Morgan fingerprint density at radius 2 is 1.82 bits per heavy atom. The summed E-state index contributed by atoms with van der Waals surface area (Å²) in [4.78, 5) is 53.4. The molecule has 2 aromatic rings. The van der Waals surface area contributed by atoms with Gasteiger partial charge >= 0.3 is 0 Å². The maximum Gasteiger partial charge on any atom is 0.250 e. The average molecular weight is 448 g/mol. The highest BCUT2D eigenvalue weighted by atomic mass is 16.5. The van der Waals surface area contributed by atoms with Crippen LogP contribution in [-0.2, 0) is 31.3 Å². The molecule has 4 N–H and O–H groups in total. The molecule has 0 aliphatic carbocycles. The molecule has 0 bridgehead atoms. The van der Waals surface area contributed by atoms with Crippen molar-refractivity contribution in [3.05, 3.63) is 59.7 Å². The van der Waals surface area contributed by atoms with Gasteiger partial charge in [0.15, 0.2) is 0 Å². The third-order valence-electron chi connectivity index (χ3n) is 6.94. The van der Waals surface area contributed by atoms with E-state index in [-0.39, 0.29) is 31.2 Å². The molecule has 9 nitrogen and oxygen atoms in total. The Hall–Kier alpha value is -3.72. The topological polar surface area (TPSA) is 131 Å². The molecular formula is C24H24N4O5. The van der Waals surface area contributed by atoms with E-state index in [0.717, 1.165) is 0 Å². The molecule has 170 valence electrons. The predicted molar refractivity (Wildman–Crippen MR) is 118 cm³/mol. The largest absolute Gasteiger partial charge is 0.496 e. The van der Waals surface area contributed by atoms with Gasteiger partial charge in [-0.1, -0.05) is 36.4 Å². The highest BCUT2D eigenvalue weighted by Gasteiger charge is 2.70. The number of likely N-dealkylation sites (tertiary alicyclic amines) is 1. The van der Waals surface area contributed by atoms with Crippen molar-refractivity contribution in [2.45, 2.75) is 31.0 Å². The van der Waals surface area contributed by atoms with Gasteiger partial charge in [-0.2, -0.15) is 0 Å². The van der Waals surface area contributed by atoms with Crippen LogP contribution in [0, 0.1) is 11.8 Å². The van der Waals surface area contributed by atoms with Crippen LogP contribution in [0.1, 0.15) is 24.0 Å². The van der Waals surface area contributed by atoms with Crippen LogP contribution in [0.25, 0.3) is 0 Å². The predicted octanol–water partition coefficient (Wildman–Crippen LogP) is 0.881. The number of para-hydroxylation sites is 2. The quantitative estimate of drug-likeness (QED) is 0.563. The van der Waals surface area contributed by atoms with E-state index < -0.39 is 35.2 Å². The van der Waals surface area contributed by atoms with Gasteiger partial charge in [-0.05, 0) is 18.6 Å². The van der Waals surface area contributed by atoms with Crippen LogP contribution in [0.3, 0.4) is 0 Å². The molecule has 33 heavy (non-hydrogen) atoms. The number of fused-ring (bicyclic) bond motifs is 4. The Morgan fingerprint density at radius 1 is 1.09 bits per heavy atom. The van der Waals surface area contributed by atoms with Crippen molar-refractivity contribution >= 4 is 29.3 Å². The maximum atomic E-state index is 13.8. The summed E-state index contributed by atoms with van der Waals surface area (Å²) in [6.07, 6.45) is 0.281. The van der Waals surface area contributed by atoms with E-state index in [1.165, 1.54) is 12.0 Å². The molecule has 2 aromatic carbocycles. The van der Waals surface area contributed by atoms with Crippen LogP contribution in [0.15, 0.2) is 48.5 Å². The van der Waals surface area contributed by atoms with E-state index in [1.54, 1.807) is 36.4 Å². The van der Waals surface area contributed by atoms with E-state index in [1.807, 2.05) is 12.1 Å². The number of hydrogen-bond donors (Lipinski definition) is 3. The third kappa shape index (κ3) is 3.03. The van der Waals surface area contributed by atoms with Gasteiger partial charge in [0.1, 0.15) is 11.3 Å². The molecule has 5 rings (SSSR count). The highest BCUT2D eigenvalue weighted by Crippen LogP contribution is 2.53. The van der Waals surface area contributed by atoms with E-state index >= 15 is 0 Å². The molecule has 3 aliphatic heterocycles. The van der Waals surface area contributed by atoms with Crippen molar-refractivity contribution in [2.75, 3.05) is 12.4 Å². The Morgan fingerprint density at radius 3 is 2.58 bits per heavy atom. The normalized spacial score (nSPS) is 27.6. The number of nitrogens with two attached hydrogens (primary N) is 1. The lowest BCUT2D eigenvalue weighted by Gasteiger charge is -2.29. The smallest absolute Gasteiger partial charge is 0.250 e. The van der Waals surface area contributed by atoms with Gasteiger partial charge in [0.05, 0.1) is 25.5 Å². The van der Waals surface area contributed by atoms with Crippen LogP contribution < -0.4 is 21.1 Å². The molecule has 0 saturated carbocycles. The van der Waals surface area contributed by atoms with Gasteiger partial charge in [-0.3, -0.25) is 29.4 Å². The fraction of sp³-hybridized carbons (Fsp3) is 0.333. The molecule has 4 amide bonds. The highest BCUT2D eigenvalue weighted by molar-refractivity contribution is 6.15. The molecule has 2 fully saturated rings. The average Bonchev–Trinajstić information content (AvgIpc) is 3.39. The number of nitrogens with zero attached hydrogens (tertiary/aromatic N) is 1. The first-order valence-corrected chi connectivity index (χ1v) is 10.8. The van der Waals surface area contributed by atoms with Crippen LogP contribution in [0.2, 0.25) is 0 Å². The van der Waals surface area contributed by atoms with Gasteiger partial charge in [0.2, 0.25) is 23.6 Å². The second kappa shape index (κ2) is 7.70. The number of rotatable bonds is 6. The number of benzene rings is 2. The van der Waals surface area contributed by atoms with Crippen molar-refractivity contribution < 1.29 is 23.9 Å². The van der Waals surface area contributed by atoms with Crippen LogP contribution in [0.5, 0.6) is 5.75 Å². The van der Waals surface area contributed by atoms with Gasteiger partial charge in [-0.25, -0.2) is 0 Å². The van der Waals surface area contributed by atoms with Crippen LogP contribution in [-0.4, -0.2) is 41.7 Å². The van der Waals surface area contributed by atoms with Gasteiger partial charge < -0.3 is 15.8 Å². The van der Waals surface area contributed by atoms with E-state index in [9.17, 15) is 19.2 Å². The minimum atomic E-state index is -1.38. The van der Waals surface area contributed by atoms with Crippen molar-refractivity contribution in [2.24, 2.45) is 17.6 Å². The van der Waals surface area contributed by atoms with Gasteiger partial charge in [0, 0.05) is 29.3 Å². The van der Waals surface area contributed by atoms with Gasteiger partial charge in [-0.15, -0.1) is 0 Å². The lowest BCUT2D eigenvalue weighted by molar-refractivity contribution is -0.143. The summed E-state index contributed by atoms with van der Waals surface area (Å²) in [6, 6.07) is 13.8. The summed E-state index contributed by atoms with van der Waals surface area (Å²) < 4.78 is 5.39. The number of carbonyl (C=O) groups is 4. The fourth-order valence-corrected chi connectivity index (χ4v) is 5.52. The second-order valence-electron chi connectivity index (χ2n) is 8.64. The molecule has 4 atom stereocenters. The number of nitrogens with one attached hydrogen (secondary N) is 2. The van der Waals surface area contributed by atoms with Crippen LogP contribution >= 0.6 is 0 Å². The summed E-state index contributed by atoms with van der Waals surface area (Å²) in [7, 11) is 1.53. The zero-order valence-electron chi connectivity index (χ0n) is 18.0. The minimum absolute atomic E-state index is 0.0359. The van der Waals surface area contributed by atoms with Crippen molar-refractivity contribution in [1.29, 1.82) is 0 Å². The SMILES string of the molecule is COc1ccccc1CN1C(=O)[C@@H]2[C@@H](C1=O)[C@]1(N[C@@H]2CCC(N)=O)C(=O)Nc2ccccc21. The summed E-state index contributed by atoms with van der Waals surface area (Å²) in [5, 5.41) is 6.14. The Kier molecular flexibility index (Phi) is 4.93. The molecule has 1 spiro atoms. The fourth-order valence-electron chi connectivity index (χ4n) is 5.52. The lowest BCUT2D eigenvalue weighted by Crippen LogP contribution is -2.53. The zero-order valence-corrected chi connectivity index (χ0v) is 18.0. The Labute approximate surface area is 190 Å². The molecular weight excluding hydrogens is 424 g/mol. The first-order chi connectivity index (χ1) is 15.9. The van der Waals surface area contributed by atoms with E-state index in [4.69, 9.17) is 10.5 Å². The molecule has 2 saturated heterocycles. The molecule has 3 heterocycles. The zero-order chi connectivity index (χ0) is 23.3. The monoisotopic (exact) mass is 448 g/mol. The van der Waals surface area contributed by atoms with E-state index in [0.29, 0.717) is 22.6 Å². The number of imide groups is 1. The maximum absolute atomic E-state index is 13.8. The number of amides is 4. The number of ether oxygens (including phenoxy) is 1. The summed E-state index contributed by atoms with van der Waals surface area (Å²) in [5.74, 6) is -2.82. The molecule has 9 heteroatoms. The van der Waals surface area contributed by atoms with Gasteiger partial charge in [0.25, 0.3) is 0 Å². The molecule has 3 aliphatic rings. The Balaban J connectivity index is 1.57. The summed E-state index contributed by atoms with van der Waals surface area (Å²) in [5.41, 5.74) is 5.90. The van der Waals surface area contributed by atoms with Crippen molar-refractivity contribution in [3.8, 4) is 5.75 Å². The summed E-state index contributed by atoms with van der Waals surface area (Å²) >= 11 is 0. The number of hydrogen-bond acceptors (Lipinski definition) is 6. The first-order valence-electron chi connectivity index (χ1n) is 10.8. The molecule has 0 aromatic heterocycles. The number of primary amides is 1. The summed E-state index contributed by atoms with van der Waals surface area (Å²) in [6.45, 7) is 0.0383. The Bertz CT molecular complexity index is 1180. The number of carbonyl (C=O) groups excluding carboxylic acids is 4. The van der Waals surface area contributed by atoms with Crippen LogP contribution in [0.4, 0.5) is 5.69 Å². The second-order valence-corrected chi connectivity index (χ2v) is 8.64.